The van der Waals surface area contributed by atoms with E-state index in [1.54, 1.807) is 36.4 Å². The number of hydrogen-bond acceptors (Lipinski definition) is 10. The van der Waals surface area contributed by atoms with Gasteiger partial charge in [0.05, 0.1) is 14.2 Å². The Morgan fingerprint density at radius 3 is 1.98 bits per heavy atom. The highest BCUT2D eigenvalue weighted by molar-refractivity contribution is 6.23. The fourth-order valence-electron chi connectivity index (χ4n) is 6.31. The highest BCUT2D eigenvalue weighted by Gasteiger charge is 2.74. The van der Waals surface area contributed by atoms with Crippen molar-refractivity contribution in [1.82, 2.24) is 0 Å². The molecule has 0 amide bonds. The quantitative estimate of drug-likeness (QED) is 0.103. The van der Waals surface area contributed by atoms with Crippen molar-refractivity contribution < 1.29 is 48.7 Å². The molecule has 1 aliphatic heterocycles. The number of aliphatic hydroxyl groups is 1. The van der Waals surface area contributed by atoms with Crippen LogP contribution in [-0.2, 0) is 38.4 Å². The number of carbonyl (C=O) groups excluding carboxylic acids is 4. The van der Waals surface area contributed by atoms with Crippen LogP contribution in [0.3, 0.4) is 0 Å². The topological polar surface area (TPSA) is 157 Å². The minimum Gasteiger partial charge on any atom is -0.504 e. The summed E-state index contributed by atoms with van der Waals surface area (Å²) in [5.74, 6) is -6.93. The number of Topliss-reactive ketones (excluding diaryl/α,β-unsaturated/α-hetero) is 3. The number of esters is 1. The van der Waals surface area contributed by atoms with E-state index >= 15 is 0 Å². The number of allylic oxidation sites excluding steroid dienone is 1. The molecule has 1 heterocycles. The zero-order chi connectivity index (χ0) is 31.8. The fourth-order valence-corrected chi connectivity index (χ4v) is 6.31. The molecule has 0 unspecified atom stereocenters. The number of aromatic hydroxyl groups is 2. The fraction of sp³-hybridized carbons (Fsp3) is 0.294. The van der Waals surface area contributed by atoms with E-state index in [9.17, 15) is 34.5 Å². The van der Waals surface area contributed by atoms with Gasteiger partial charge in [0.2, 0.25) is 11.4 Å². The summed E-state index contributed by atoms with van der Waals surface area (Å²) in [5, 5.41) is 34.2. The van der Waals surface area contributed by atoms with Crippen LogP contribution in [0.4, 0.5) is 0 Å². The van der Waals surface area contributed by atoms with E-state index in [0.717, 1.165) is 25.3 Å². The van der Waals surface area contributed by atoms with Crippen LogP contribution in [0, 0.1) is 5.41 Å². The van der Waals surface area contributed by atoms with Crippen molar-refractivity contribution in [1.29, 1.82) is 0 Å². The predicted octanol–water partition coefficient (Wildman–Crippen LogP) is 3.81. The first kappa shape index (κ1) is 30.5. The van der Waals surface area contributed by atoms with Crippen molar-refractivity contribution in [3.05, 3.63) is 94.2 Å². The van der Waals surface area contributed by atoms with E-state index in [4.69, 9.17) is 14.2 Å². The molecule has 0 fully saturated rings. The zero-order valence-corrected chi connectivity index (χ0v) is 24.5. The van der Waals surface area contributed by atoms with Crippen molar-refractivity contribution in [3.8, 4) is 23.0 Å². The highest BCUT2D eigenvalue weighted by Crippen LogP contribution is 2.58. The number of phenolic OH excluding ortho intramolecular Hbond substituents is 2. The average molecular weight is 601 g/mol. The van der Waals surface area contributed by atoms with Gasteiger partial charge >= 0.3 is 5.97 Å². The summed E-state index contributed by atoms with van der Waals surface area (Å²) in [6, 6.07) is 18.0. The lowest BCUT2D eigenvalue weighted by Gasteiger charge is -2.36. The molecule has 2 aliphatic rings. The molecule has 5 rings (SSSR count). The average Bonchev–Trinajstić information content (AvgIpc) is 3.13. The molecule has 3 aromatic rings. The summed E-state index contributed by atoms with van der Waals surface area (Å²) in [6.45, 7) is 1.33. The molecule has 0 radical (unpaired) electrons. The lowest BCUT2D eigenvalue weighted by Crippen LogP contribution is -2.61. The second-order valence-corrected chi connectivity index (χ2v) is 10.9. The zero-order valence-electron chi connectivity index (χ0n) is 24.5. The predicted molar refractivity (Wildman–Crippen MR) is 157 cm³/mol. The monoisotopic (exact) mass is 600 g/mol. The first-order valence-electron chi connectivity index (χ1n) is 14.1. The van der Waals surface area contributed by atoms with Crippen LogP contribution in [0.5, 0.6) is 23.0 Å². The smallest absolute Gasteiger partial charge is 0.353 e. The number of benzene rings is 3. The third kappa shape index (κ3) is 4.53. The number of aryl methyl sites for hydroxylation is 2. The third-order valence-electron chi connectivity index (χ3n) is 8.53. The van der Waals surface area contributed by atoms with Gasteiger partial charge in [-0.1, -0.05) is 60.7 Å². The standard InChI is InChI=1S/C34H32O10/c1-19-30(39)33(24(36)17-15-21-12-8-5-9-13-21)18-22-28(44-32(40)34(33,41)31(19)43-3)25(26(37)27(38)29(22)42-2)23(35)16-14-20-10-6-4-7-11-20/h4-13,37-38,41H,14-18H2,1-3H3/t33-,34-/m0/s1. The van der Waals surface area contributed by atoms with Gasteiger partial charge in [0, 0.05) is 30.4 Å². The first-order chi connectivity index (χ1) is 21.0. The third-order valence-corrected chi connectivity index (χ3v) is 8.53. The molecule has 2 atom stereocenters. The maximum Gasteiger partial charge on any atom is 0.353 e. The van der Waals surface area contributed by atoms with Crippen LogP contribution in [-0.4, -0.2) is 58.5 Å². The molecule has 10 heteroatoms. The number of methoxy groups -OCH3 is 2. The molecule has 10 nitrogen and oxygen atoms in total. The second-order valence-electron chi connectivity index (χ2n) is 10.9. The van der Waals surface area contributed by atoms with Crippen molar-refractivity contribution in [2.45, 2.75) is 44.6 Å². The molecule has 0 aromatic heterocycles. The van der Waals surface area contributed by atoms with Crippen LogP contribution in [0.2, 0.25) is 0 Å². The van der Waals surface area contributed by atoms with Gasteiger partial charge in [-0.25, -0.2) is 4.79 Å². The number of carbonyl (C=O) groups is 4. The normalized spacial score (nSPS) is 20.8. The van der Waals surface area contributed by atoms with Gasteiger partial charge in [-0.3, -0.25) is 14.4 Å². The van der Waals surface area contributed by atoms with Crippen LogP contribution < -0.4 is 9.47 Å². The SMILES string of the molecule is COC1=C(C)C(=O)[C@@]2(C(=O)CCc3ccccc3)Cc3c(OC)c(O)c(O)c(C(=O)CCc4ccccc4)c3OC(=O)[C@@]12O. The summed E-state index contributed by atoms with van der Waals surface area (Å²) in [7, 11) is 2.31. The molecule has 0 saturated carbocycles. The van der Waals surface area contributed by atoms with Gasteiger partial charge in [-0.2, -0.15) is 0 Å². The van der Waals surface area contributed by atoms with E-state index in [1.165, 1.54) is 6.92 Å². The van der Waals surface area contributed by atoms with Crippen molar-refractivity contribution in [2.24, 2.45) is 5.41 Å². The number of phenols is 2. The Labute approximate surface area is 253 Å². The number of rotatable bonds is 10. The second kappa shape index (κ2) is 11.6. The Hall–Kier alpha value is -4.96. The molecule has 3 N–H and O–H groups in total. The summed E-state index contributed by atoms with van der Waals surface area (Å²) >= 11 is 0. The minimum absolute atomic E-state index is 0.149. The number of fused-ring (bicyclic) bond motifs is 2. The Morgan fingerprint density at radius 1 is 0.864 bits per heavy atom. The maximum absolute atomic E-state index is 14.2. The molecule has 3 aromatic carbocycles. The van der Waals surface area contributed by atoms with Crippen LogP contribution in [0.15, 0.2) is 72.0 Å². The molecule has 1 aliphatic carbocycles. The van der Waals surface area contributed by atoms with Gasteiger partial charge in [0.1, 0.15) is 16.7 Å². The van der Waals surface area contributed by atoms with Gasteiger partial charge in [0.15, 0.2) is 34.6 Å². The number of ketones is 3. The molecule has 0 bridgehead atoms. The molecule has 228 valence electrons. The Kier molecular flexibility index (Phi) is 8.05. The summed E-state index contributed by atoms with van der Waals surface area (Å²) in [4.78, 5) is 55.9. The molecular formula is C34H32O10. The van der Waals surface area contributed by atoms with Crippen LogP contribution >= 0.6 is 0 Å². The van der Waals surface area contributed by atoms with Gasteiger partial charge in [-0.05, 0) is 30.9 Å². The van der Waals surface area contributed by atoms with Gasteiger partial charge in [0.25, 0.3) is 0 Å². The summed E-state index contributed by atoms with van der Waals surface area (Å²) < 4.78 is 16.4. The lowest BCUT2D eigenvalue weighted by atomic mass is 9.64. The largest absolute Gasteiger partial charge is 0.504 e. The minimum atomic E-state index is -2.92. The Morgan fingerprint density at radius 2 is 1.43 bits per heavy atom. The van der Waals surface area contributed by atoms with E-state index in [0.29, 0.717) is 0 Å². The molecule has 0 saturated heterocycles. The van der Waals surface area contributed by atoms with E-state index < -0.39 is 75.1 Å². The van der Waals surface area contributed by atoms with Crippen LogP contribution in [0.25, 0.3) is 0 Å². The summed E-state index contributed by atoms with van der Waals surface area (Å²) in [6.07, 6.45) is -0.651. The molecule has 0 spiro atoms. The van der Waals surface area contributed by atoms with Crippen LogP contribution in [0.1, 0.15) is 46.8 Å². The van der Waals surface area contributed by atoms with Crippen molar-refractivity contribution >= 4 is 23.3 Å². The highest BCUT2D eigenvalue weighted by atomic mass is 16.6. The molecular weight excluding hydrogens is 568 g/mol. The van der Waals surface area contributed by atoms with E-state index in [2.05, 4.69) is 0 Å². The first-order valence-corrected chi connectivity index (χ1v) is 14.1. The molecule has 44 heavy (non-hydrogen) atoms. The lowest BCUT2D eigenvalue weighted by molar-refractivity contribution is -0.174. The Bertz CT molecular complexity index is 1690. The van der Waals surface area contributed by atoms with E-state index in [-0.39, 0.29) is 36.8 Å². The maximum atomic E-state index is 14.2. The number of ether oxygens (including phenoxy) is 3. The Balaban J connectivity index is 1.68. The number of hydrogen-bond donors (Lipinski definition) is 3. The van der Waals surface area contributed by atoms with E-state index in [1.807, 2.05) is 24.3 Å². The van der Waals surface area contributed by atoms with Crippen molar-refractivity contribution in [2.75, 3.05) is 14.2 Å². The van der Waals surface area contributed by atoms with Gasteiger partial charge < -0.3 is 29.5 Å². The van der Waals surface area contributed by atoms with Crippen molar-refractivity contribution in [3.63, 3.8) is 0 Å². The van der Waals surface area contributed by atoms with Gasteiger partial charge in [-0.15, -0.1) is 0 Å². The summed E-state index contributed by atoms with van der Waals surface area (Å²) in [5.41, 5.74) is -4.69.